The summed E-state index contributed by atoms with van der Waals surface area (Å²) in [5.41, 5.74) is -0.717. The molecule has 8 nitrogen and oxygen atoms in total. The van der Waals surface area contributed by atoms with Gasteiger partial charge in [-0.2, -0.15) is 13.2 Å². The monoisotopic (exact) mass is 493 g/mol. The summed E-state index contributed by atoms with van der Waals surface area (Å²) in [7, 11) is 1.63. The summed E-state index contributed by atoms with van der Waals surface area (Å²) in [5, 5.41) is 11.4. The van der Waals surface area contributed by atoms with Crippen LogP contribution in [0.4, 0.5) is 24.5 Å². The molecule has 35 heavy (non-hydrogen) atoms. The Balaban J connectivity index is 1.55. The van der Waals surface area contributed by atoms with E-state index in [1.54, 1.807) is 11.9 Å². The van der Waals surface area contributed by atoms with Crippen LogP contribution in [0.2, 0.25) is 0 Å². The van der Waals surface area contributed by atoms with Crippen molar-refractivity contribution in [2.24, 2.45) is 5.92 Å². The lowest BCUT2D eigenvalue weighted by atomic mass is 9.96. The fourth-order valence-corrected chi connectivity index (χ4v) is 3.99. The zero-order valence-electron chi connectivity index (χ0n) is 19.3. The number of hydrogen-bond acceptors (Lipinski definition) is 6. The Morgan fingerprint density at radius 3 is 2.37 bits per heavy atom. The van der Waals surface area contributed by atoms with Crippen LogP contribution in [-0.4, -0.2) is 48.4 Å². The minimum absolute atomic E-state index is 0.0709. The molecule has 1 aliphatic heterocycles. The van der Waals surface area contributed by atoms with Gasteiger partial charge in [0.25, 0.3) is 11.6 Å². The Labute approximate surface area is 200 Å². The van der Waals surface area contributed by atoms with Gasteiger partial charge in [0.1, 0.15) is 5.69 Å². The van der Waals surface area contributed by atoms with E-state index >= 15 is 0 Å². The van der Waals surface area contributed by atoms with Crippen LogP contribution in [-0.2, 0) is 20.5 Å². The summed E-state index contributed by atoms with van der Waals surface area (Å²) in [4.78, 5) is 38.6. The molecule has 0 spiro atoms. The summed E-state index contributed by atoms with van der Waals surface area (Å²) in [6.45, 7) is 1.91. The maximum absolute atomic E-state index is 12.9. The third kappa shape index (κ3) is 6.28. The standard InChI is InChI=1S/C24H26F3N3O5/c1-16(17-6-4-3-5-7-17)28(2)22(31)15-35-23(32)18-10-12-29(13-11-18)20-9-8-19(24(25,26)27)14-21(20)30(33)34/h3-9,14,16,18H,10-13,15H2,1-2H3. The number of amides is 1. The number of halogens is 3. The van der Waals surface area contributed by atoms with Gasteiger partial charge in [-0.15, -0.1) is 0 Å². The number of hydrogen-bond donors (Lipinski definition) is 0. The topological polar surface area (TPSA) is 93.0 Å². The van der Waals surface area contributed by atoms with Gasteiger partial charge >= 0.3 is 12.1 Å². The summed E-state index contributed by atoms with van der Waals surface area (Å²) in [5.74, 6) is -1.40. The van der Waals surface area contributed by atoms with Gasteiger partial charge in [-0.3, -0.25) is 19.7 Å². The third-order valence-corrected chi connectivity index (χ3v) is 6.26. The van der Waals surface area contributed by atoms with Gasteiger partial charge in [0.05, 0.1) is 22.4 Å². The van der Waals surface area contributed by atoms with Gasteiger partial charge in [0.15, 0.2) is 6.61 Å². The third-order valence-electron chi connectivity index (χ3n) is 6.26. The lowest BCUT2D eigenvalue weighted by Gasteiger charge is -2.32. The van der Waals surface area contributed by atoms with E-state index in [1.807, 2.05) is 37.3 Å². The van der Waals surface area contributed by atoms with Crippen molar-refractivity contribution in [3.8, 4) is 0 Å². The predicted octanol–water partition coefficient (Wildman–Crippen LogP) is 4.59. The van der Waals surface area contributed by atoms with Gasteiger partial charge in [-0.1, -0.05) is 30.3 Å². The zero-order valence-corrected chi connectivity index (χ0v) is 19.3. The van der Waals surface area contributed by atoms with Crippen LogP contribution in [0.15, 0.2) is 48.5 Å². The normalized spacial score (nSPS) is 15.4. The number of carbonyl (C=O) groups excluding carboxylic acids is 2. The second kappa shape index (κ2) is 10.7. The van der Waals surface area contributed by atoms with Crippen LogP contribution in [0.3, 0.4) is 0 Å². The van der Waals surface area contributed by atoms with E-state index in [0.717, 1.165) is 17.7 Å². The number of piperidine rings is 1. The average molecular weight is 493 g/mol. The Morgan fingerprint density at radius 2 is 1.80 bits per heavy atom. The number of likely N-dealkylation sites (N-methyl/N-ethyl adjacent to an activating group) is 1. The molecule has 0 radical (unpaired) electrons. The largest absolute Gasteiger partial charge is 0.455 e. The van der Waals surface area contributed by atoms with Crippen molar-refractivity contribution in [3.05, 3.63) is 69.8 Å². The first kappa shape index (κ1) is 26.0. The second-order valence-electron chi connectivity index (χ2n) is 8.42. The molecule has 2 aromatic rings. The molecule has 3 rings (SSSR count). The molecule has 0 aliphatic carbocycles. The molecule has 0 saturated carbocycles. The number of rotatable bonds is 7. The SMILES string of the molecule is CC(c1ccccc1)N(C)C(=O)COC(=O)C1CCN(c2ccc(C(F)(F)F)cc2[N+](=O)[O-])CC1. The highest BCUT2D eigenvalue weighted by Crippen LogP contribution is 2.37. The molecule has 0 N–H and O–H groups in total. The van der Waals surface area contributed by atoms with E-state index in [4.69, 9.17) is 4.74 Å². The smallest absolute Gasteiger partial charge is 0.416 e. The Kier molecular flexibility index (Phi) is 7.98. The summed E-state index contributed by atoms with van der Waals surface area (Å²) in [6.07, 6.45) is -4.10. The highest BCUT2D eigenvalue weighted by Gasteiger charge is 2.35. The van der Waals surface area contributed by atoms with Crippen LogP contribution >= 0.6 is 0 Å². The first-order chi connectivity index (χ1) is 16.5. The van der Waals surface area contributed by atoms with E-state index in [0.29, 0.717) is 18.9 Å². The molecule has 1 amide bonds. The lowest BCUT2D eigenvalue weighted by molar-refractivity contribution is -0.384. The molecule has 1 unspecified atom stereocenters. The Morgan fingerprint density at radius 1 is 1.17 bits per heavy atom. The number of nitro benzene ring substituents is 1. The van der Waals surface area contributed by atoms with Gasteiger partial charge in [0, 0.05) is 26.2 Å². The van der Waals surface area contributed by atoms with Gasteiger partial charge in [-0.05, 0) is 37.5 Å². The van der Waals surface area contributed by atoms with Gasteiger partial charge in [0.2, 0.25) is 0 Å². The quantitative estimate of drug-likeness (QED) is 0.318. The molecule has 1 saturated heterocycles. The molecule has 1 heterocycles. The minimum Gasteiger partial charge on any atom is -0.455 e. The van der Waals surface area contributed by atoms with E-state index in [2.05, 4.69) is 0 Å². The molecule has 0 bridgehead atoms. The van der Waals surface area contributed by atoms with Crippen molar-refractivity contribution in [1.29, 1.82) is 0 Å². The van der Waals surface area contributed by atoms with Crippen molar-refractivity contribution in [2.45, 2.75) is 32.0 Å². The first-order valence-corrected chi connectivity index (χ1v) is 11.1. The molecular weight excluding hydrogens is 467 g/mol. The summed E-state index contributed by atoms with van der Waals surface area (Å²) >= 11 is 0. The molecule has 188 valence electrons. The molecule has 0 aromatic heterocycles. The number of anilines is 1. The van der Waals surface area contributed by atoms with Gasteiger partial charge < -0.3 is 14.5 Å². The van der Waals surface area contributed by atoms with Crippen molar-refractivity contribution in [2.75, 3.05) is 31.6 Å². The number of nitrogens with zero attached hydrogens (tertiary/aromatic N) is 3. The Hall–Kier alpha value is -3.63. The molecule has 2 aromatic carbocycles. The van der Waals surface area contributed by atoms with Crippen LogP contribution in [0, 0.1) is 16.0 Å². The predicted molar refractivity (Wildman–Crippen MR) is 122 cm³/mol. The van der Waals surface area contributed by atoms with E-state index in [1.165, 1.54) is 4.90 Å². The number of benzene rings is 2. The lowest BCUT2D eigenvalue weighted by Crippen LogP contribution is -2.39. The van der Waals surface area contributed by atoms with Crippen molar-refractivity contribution in [3.63, 3.8) is 0 Å². The summed E-state index contributed by atoms with van der Waals surface area (Å²) in [6, 6.07) is 11.6. The number of carbonyl (C=O) groups is 2. The molecule has 11 heteroatoms. The molecular formula is C24H26F3N3O5. The Bertz CT molecular complexity index is 1070. The van der Waals surface area contributed by atoms with Crippen LogP contribution in [0.5, 0.6) is 0 Å². The fraction of sp³-hybridized carbons (Fsp3) is 0.417. The van der Waals surface area contributed by atoms with Crippen LogP contribution < -0.4 is 4.90 Å². The number of alkyl halides is 3. The minimum atomic E-state index is -4.69. The van der Waals surface area contributed by atoms with Crippen molar-refractivity contribution >= 4 is 23.3 Å². The molecule has 1 aliphatic rings. The summed E-state index contributed by atoms with van der Waals surface area (Å²) < 4.78 is 44.0. The maximum Gasteiger partial charge on any atom is 0.416 e. The van der Waals surface area contributed by atoms with Gasteiger partial charge in [-0.25, -0.2) is 0 Å². The average Bonchev–Trinajstić information content (AvgIpc) is 2.85. The number of nitro groups is 1. The second-order valence-corrected chi connectivity index (χ2v) is 8.42. The highest BCUT2D eigenvalue weighted by atomic mass is 19.4. The first-order valence-electron chi connectivity index (χ1n) is 11.1. The maximum atomic E-state index is 12.9. The molecule has 1 atom stereocenters. The number of esters is 1. The van der Waals surface area contributed by atoms with Crippen molar-refractivity contribution < 1.29 is 32.4 Å². The van der Waals surface area contributed by atoms with Crippen LogP contribution in [0.1, 0.15) is 36.9 Å². The number of ether oxygens (including phenoxy) is 1. The molecule has 1 fully saturated rings. The van der Waals surface area contributed by atoms with E-state index in [9.17, 15) is 32.9 Å². The van der Waals surface area contributed by atoms with Crippen molar-refractivity contribution in [1.82, 2.24) is 4.90 Å². The zero-order chi connectivity index (χ0) is 25.8. The highest BCUT2D eigenvalue weighted by molar-refractivity contribution is 5.81. The fourth-order valence-electron chi connectivity index (χ4n) is 3.99. The van der Waals surface area contributed by atoms with E-state index in [-0.39, 0.29) is 30.7 Å². The van der Waals surface area contributed by atoms with Crippen LogP contribution in [0.25, 0.3) is 0 Å². The van der Waals surface area contributed by atoms with E-state index < -0.39 is 40.8 Å².